The molecule has 4 rings (SSSR count). The third kappa shape index (κ3) is 8.20. The van der Waals surface area contributed by atoms with Gasteiger partial charge in [0, 0.05) is 49.7 Å². The van der Waals surface area contributed by atoms with Crippen molar-refractivity contribution in [3.05, 3.63) is 69.7 Å². The molecule has 2 aliphatic heterocycles. The molecule has 0 radical (unpaired) electrons. The highest BCUT2D eigenvalue weighted by Gasteiger charge is 2.33. The second kappa shape index (κ2) is 14.5. The first-order valence-corrected chi connectivity index (χ1v) is 15.2. The Morgan fingerprint density at radius 3 is 2.59 bits per heavy atom. The lowest BCUT2D eigenvalue weighted by atomic mass is 9.95. The number of nitrogens with zero attached hydrogens (tertiary/aromatic N) is 2. The van der Waals surface area contributed by atoms with Gasteiger partial charge in [-0.25, -0.2) is 0 Å². The van der Waals surface area contributed by atoms with Crippen molar-refractivity contribution in [1.82, 2.24) is 20.4 Å². The van der Waals surface area contributed by atoms with Crippen molar-refractivity contribution in [2.45, 2.75) is 76.4 Å². The minimum Gasteiger partial charge on any atom is -0.350 e. The molecule has 2 aromatic rings. The summed E-state index contributed by atoms with van der Waals surface area (Å²) in [5, 5.41) is 7.44. The SMILES string of the molecule is CCC(CN1CCC(CNC(=O)c2ccc(Cl)c(Cl)c2)NC(CCN2CCCCC2C)C1=O)c1ccccc1. The summed E-state index contributed by atoms with van der Waals surface area (Å²) in [6.45, 7) is 8.29. The molecule has 4 atom stereocenters. The Morgan fingerprint density at radius 2 is 1.87 bits per heavy atom. The maximum absolute atomic E-state index is 13.9. The summed E-state index contributed by atoms with van der Waals surface area (Å²) in [4.78, 5) is 31.3. The van der Waals surface area contributed by atoms with Gasteiger partial charge in [-0.15, -0.1) is 0 Å². The van der Waals surface area contributed by atoms with Crippen LogP contribution in [-0.4, -0.2) is 72.5 Å². The van der Waals surface area contributed by atoms with E-state index in [2.05, 4.69) is 58.5 Å². The smallest absolute Gasteiger partial charge is 0.251 e. The lowest BCUT2D eigenvalue weighted by Crippen LogP contribution is -2.51. The van der Waals surface area contributed by atoms with Crippen LogP contribution in [0.4, 0.5) is 0 Å². The molecule has 6 nitrogen and oxygen atoms in total. The molecule has 212 valence electrons. The molecule has 2 heterocycles. The van der Waals surface area contributed by atoms with E-state index < -0.39 is 0 Å². The number of nitrogens with one attached hydrogen (secondary N) is 2. The van der Waals surface area contributed by atoms with Crippen molar-refractivity contribution in [3.8, 4) is 0 Å². The predicted octanol–water partition coefficient (Wildman–Crippen LogP) is 5.74. The van der Waals surface area contributed by atoms with E-state index in [1.165, 1.54) is 24.8 Å². The monoisotopic (exact) mass is 572 g/mol. The zero-order valence-corrected chi connectivity index (χ0v) is 24.7. The highest BCUT2D eigenvalue weighted by molar-refractivity contribution is 6.42. The standard InChI is InChI=1S/C31H42Cl2N4O2/c1-3-23(24-10-5-4-6-11-24)21-37-17-14-26(20-34-30(38)25-12-13-27(32)28(33)19-25)35-29(31(37)39)15-18-36-16-8-7-9-22(36)2/h4-6,10-13,19,22-23,26,29,35H,3,7-9,14-18,20-21H2,1-2H3,(H,34,38). The van der Waals surface area contributed by atoms with Gasteiger partial charge in [0.25, 0.3) is 5.91 Å². The summed E-state index contributed by atoms with van der Waals surface area (Å²) in [5.74, 6) is 0.271. The number of amides is 2. The van der Waals surface area contributed by atoms with E-state index in [9.17, 15) is 9.59 Å². The highest BCUT2D eigenvalue weighted by Crippen LogP contribution is 2.24. The zero-order valence-electron chi connectivity index (χ0n) is 23.2. The van der Waals surface area contributed by atoms with E-state index in [-0.39, 0.29) is 23.9 Å². The molecule has 0 bridgehead atoms. The summed E-state index contributed by atoms with van der Waals surface area (Å²) < 4.78 is 0. The summed E-state index contributed by atoms with van der Waals surface area (Å²) in [5.41, 5.74) is 1.74. The van der Waals surface area contributed by atoms with Crippen LogP contribution in [-0.2, 0) is 4.79 Å². The van der Waals surface area contributed by atoms with Gasteiger partial charge in [0.1, 0.15) is 0 Å². The molecule has 0 aliphatic carbocycles. The minimum absolute atomic E-state index is 0.00810. The molecule has 2 aliphatic rings. The molecule has 4 unspecified atom stereocenters. The van der Waals surface area contributed by atoms with Gasteiger partial charge in [-0.3, -0.25) is 9.59 Å². The lowest BCUT2D eigenvalue weighted by molar-refractivity contribution is -0.133. The molecule has 39 heavy (non-hydrogen) atoms. The molecule has 2 N–H and O–H groups in total. The Labute approximate surface area is 243 Å². The number of benzene rings is 2. The van der Waals surface area contributed by atoms with E-state index in [0.29, 0.717) is 47.2 Å². The topological polar surface area (TPSA) is 64.7 Å². The molecular formula is C31H42Cl2N4O2. The molecule has 2 saturated heterocycles. The van der Waals surface area contributed by atoms with Gasteiger partial charge in [-0.05, 0) is 69.3 Å². The van der Waals surface area contributed by atoms with Crippen LogP contribution in [0.25, 0.3) is 0 Å². The number of rotatable bonds is 10. The Bertz CT molecular complexity index is 1100. The fraction of sp³-hybridized carbons (Fsp3) is 0.548. The summed E-state index contributed by atoms with van der Waals surface area (Å²) in [6.07, 6.45) is 6.23. The van der Waals surface area contributed by atoms with Gasteiger partial charge in [-0.1, -0.05) is 66.9 Å². The fourth-order valence-corrected chi connectivity index (χ4v) is 6.13. The van der Waals surface area contributed by atoms with E-state index >= 15 is 0 Å². The van der Waals surface area contributed by atoms with Crippen LogP contribution >= 0.6 is 23.2 Å². The summed E-state index contributed by atoms with van der Waals surface area (Å²) in [7, 11) is 0. The first-order chi connectivity index (χ1) is 18.9. The van der Waals surface area contributed by atoms with Crippen molar-refractivity contribution in [1.29, 1.82) is 0 Å². The predicted molar refractivity (Wildman–Crippen MR) is 160 cm³/mol. The lowest BCUT2D eigenvalue weighted by Gasteiger charge is -2.35. The molecule has 0 aromatic heterocycles. The largest absolute Gasteiger partial charge is 0.350 e. The molecule has 0 spiro atoms. The molecule has 2 amide bonds. The number of halogens is 2. The number of carbonyl (C=O) groups is 2. The van der Waals surface area contributed by atoms with Crippen LogP contribution in [0.1, 0.15) is 74.2 Å². The third-order valence-corrected chi connectivity index (χ3v) is 9.07. The molecule has 2 fully saturated rings. The van der Waals surface area contributed by atoms with Gasteiger partial charge >= 0.3 is 0 Å². The van der Waals surface area contributed by atoms with Crippen LogP contribution < -0.4 is 10.6 Å². The molecule has 8 heteroatoms. The number of carbonyl (C=O) groups excluding carboxylic acids is 2. The van der Waals surface area contributed by atoms with Gasteiger partial charge in [-0.2, -0.15) is 0 Å². The van der Waals surface area contributed by atoms with Gasteiger partial charge < -0.3 is 20.4 Å². The molecular weight excluding hydrogens is 531 g/mol. The van der Waals surface area contributed by atoms with E-state index in [4.69, 9.17) is 23.2 Å². The van der Waals surface area contributed by atoms with Crippen molar-refractivity contribution in [2.75, 3.05) is 32.7 Å². The number of piperidine rings is 1. The van der Waals surface area contributed by atoms with Gasteiger partial charge in [0.05, 0.1) is 16.1 Å². The molecule has 2 aromatic carbocycles. The van der Waals surface area contributed by atoms with Gasteiger partial charge in [0.15, 0.2) is 0 Å². The van der Waals surface area contributed by atoms with Crippen LogP contribution in [0.2, 0.25) is 10.0 Å². The Kier molecular flexibility index (Phi) is 11.1. The summed E-state index contributed by atoms with van der Waals surface area (Å²) in [6, 6.07) is 15.6. The van der Waals surface area contributed by atoms with E-state index in [0.717, 1.165) is 32.4 Å². The number of likely N-dealkylation sites (tertiary alicyclic amines) is 1. The van der Waals surface area contributed by atoms with Crippen LogP contribution in [0.15, 0.2) is 48.5 Å². The Hall–Kier alpha value is -2.12. The zero-order chi connectivity index (χ0) is 27.8. The maximum Gasteiger partial charge on any atom is 0.251 e. The molecule has 0 saturated carbocycles. The average molecular weight is 574 g/mol. The normalized spacial score (nSPS) is 23.3. The van der Waals surface area contributed by atoms with Crippen LogP contribution in [0.5, 0.6) is 0 Å². The van der Waals surface area contributed by atoms with E-state index in [1.807, 2.05) is 6.07 Å². The van der Waals surface area contributed by atoms with Crippen molar-refractivity contribution >= 4 is 35.0 Å². The van der Waals surface area contributed by atoms with Crippen molar-refractivity contribution in [2.24, 2.45) is 0 Å². The number of hydrogen-bond donors (Lipinski definition) is 2. The fourth-order valence-electron chi connectivity index (χ4n) is 5.83. The van der Waals surface area contributed by atoms with E-state index in [1.54, 1.807) is 18.2 Å². The first kappa shape index (κ1) is 29.9. The van der Waals surface area contributed by atoms with Gasteiger partial charge in [0.2, 0.25) is 5.91 Å². The maximum atomic E-state index is 13.9. The third-order valence-electron chi connectivity index (χ3n) is 8.34. The quantitative estimate of drug-likeness (QED) is 0.381. The summed E-state index contributed by atoms with van der Waals surface area (Å²) >= 11 is 12.1. The van der Waals surface area contributed by atoms with Crippen molar-refractivity contribution in [3.63, 3.8) is 0 Å². The second-order valence-corrected chi connectivity index (χ2v) is 11.8. The highest BCUT2D eigenvalue weighted by atomic mass is 35.5. The van der Waals surface area contributed by atoms with Crippen LogP contribution in [0, 0.1) is 0 Å². The minimum atomic E-state index is -0.276. The Morgan fingerprint density at radius 1 is 1.08 bits per heavy atom. The average Bonchev–Trinajstić information content (AvgIpc) is 3.10. The van der Waals surface area contributed by atoms with Crippen LogP contribution in [0.3, 0.4) is 0 Å². The first-order valence-electron chi connectivity index (χ1n) is 14.4. The Balaban J connectivity index is 1.44. The van der Waals surface area contributed by atoms with Crippen molar-refractivity contribution < 1.29 is 9.59 Å². The second-order valence-electron chi connectivity index (χ2n) is 11.0. The number of hydrogen-bond acceptors (Lipinski definition) is 4.